The minimum Gasteiger partial charge on any atom is -0.495 e. The van der Waals surface area contributed by atoms with Crippen molar-refractivity contribution in [1.29, 1.82) is 0 Å². The van der Waals surface area contributed by atoms with Gasteiger partial charge in [0.15, 0.2) is 44.0 Å². The first-order valence-electron chi connectivity index (χ1n) is 28.9. The summed E-state index contributed by atoms with van der Waals surface area (Å²) in [5.74, 6) is -1.22. The molecule has 21 saturated heterocycles. The average molecular weight is 1400 g/mol. The Hall–Kier alpha value is -2.68. The predicted octanol–water partition coefficient (Wildman–Crippen LogP) is -14.1. The van der Waals surface area contributed by atoms with Crippen LogP contribution >= 0.6 is 0 Å². The molecule has 0 aromatic heterocycles. The van der Waals surface area contributed by atoms with E-state index in [4.69, 9.17) is 84.2 Å². The highest BCUT2D eigenvalue weighted by Gasteiger charge is 2.60. The molecule has 0 amide bonds. The molecule has 534 valence electrons. The second kappa shape index (κ2) is 29.6. The van der Waals surface area contributed by atoms with Gasteiger partial charge in [0.05, 0.1) is 60.5 Å². The predicted molar refractivity (Wildman–Crippen MR) is 280 cm³/mol. The summed E-state index contributed by atoms with van der Waals surface area (Å²) in [6, 6.07) is 1.28. The third kappa shape index (κ3) is 14.2. The van der Waals surface area contributed by atoms with Crippen LogP contribution in [0.1, 0.15) is 0 Å². The van der Waals surface area contributed by atoms with E-state index in [1.54, 1.807) is 0 Å². The highest BCUT2D eigenvalue weighted by molar-refractivity contribution is 7.87. The molecular weight excluding hydrogens is 1320 g/mol. The van der Waals surface area contributed by atoms with Crippen molar-refractivity contribution in [3.05, 3.63) is 12.1 Å². The Balaban J connectivity index is 1.02. The zero-order valence-corrected chi connectivity index (χ0v) is 50.2. The van der Waals surface area contributed by atoms with Gasteiger partial charge in [-0.3, -0.25) is 8.37 Å². The molecule has 0 spiro atoms. The summed E-state index contributed by atoms with van der Waals surface area (Å²) in [5.41, 5.74) is 0. The van der Waals surface area contributed by atoms with Crippen molar-refractivity contribution < 1.29 is 198 Å². The Kier molecular flexibility index (Phi) is 23.3. The number of benzene rings is 1. The summed E-state index contributed by atoms with van der Waals surface area (Å²) in [5, 5.41) is 215. The van der Waals surface area contributed by atoms with E-state index in [2.05, 4.69) is 0 Å². The molecule has 19 N–H and O–H groups in total. The topological polar surface area (TPSA) is 619 Å². The van der Waals surface area contributed by atoms with E-state index in [9.17, 15) is 114 Å². The van der Waals surface area contributed by atoms with Crippen LogP contribution < -0.4 is 9.47 Å². The third-order valence-corrected chi connectivity index (χ3v) is 19.8. The molecule has 35 atom stereocenters. The first kappa shape index (κ1) is 73.0. The van der Waals surface area contributed by atoms with Crippen LogP contribution in [0, 0.1) is 0 Å². The molecule has 22 aliphatic heterocycles. The normalized spacial score (nSPS) is 49.9. The standard InChI is InChI=1S/C50H76O41S2/c1-74-12-3-13(75-2)22-4-21(12)92(70,71)76-10-19-42-29(62)36(69)50(84-19)91-43-20(11-77-93(22,72)73)83-49(35(68)28(43)61)89-41-18(9-55)81-47(33(66)26(41)59)87-39-16(7-53)79-45(31(64)24(39)57)85-37-14(5-51)78-44(30(63)23(37)56)86-38-15(6-52)80-46(32(65)25(38)58)88-40-17(8-54)82-48(90-42)34(67)27(40)60/h3-4,14-20,23-69H,5-11H2,1-2H3/t14-,15-,16-,17-,18-,19-,20-,23-,24-,25-,26-,27-,28-,29-,30-,31-,32-,33-,34-,35-,36-,37-,38-,39-,40-,41-,42-,43-,44-,45-,46-,47-,48-,49-,50-/m1/s1. The third-order valence-electron chi connectivity index (χ3n) is 17.2. The number of aliphatic hydroxyl groups excluding tert-OH is 19. The van der Waals surface area contributed by atoms with Gasteiger partial charge in [0, 0.05) is 6.07 Å². The lowest BCUT2D eigenvalue weighted by atomic mass is 9.95. The summed E-state index contributed by atoms with van der Waals surface area (Å²) < 4.78 is 159. The fourth-order valence-electron chi connectivity index (χ4n) is 12.1. The Morgan fingerprint density at radius 1 is 0.312 bits per heavy atom. The summed E-state index contributed by atoms with van der Waals surface area (Å²) in [7, 11) is -8.71. The van der Waals surface area contributed by atoms with Crippen LogP contribution in [0.25, 0.3) is 0 Å². The van der Waals surface area contributed by atoms with Crippen LogP contribution in [0.3, 0.4) is 0 Å². The van der Waals surface area contributed by atoms with Crippen LogP contribution in [-0.2, 0) is 94.9 Å². The van der Waals surface area contributed by atoms with E-state index in [1.807, 2.05) is 0 Å². The van der Waals surface area contributed by atoms with Crippen LogP contribution in [0.15, 0.2) is 21.9 Å². The van der Waals surface area contributed by atoms with Gasteiger partial charge in [-0.15, -0.1) is 0 Å². The van der Waals surface area contributed by atoms with Gasteiger partial charge in [-0.25, -0.2) is 0 Å². The Bertz CT molecular complexity index is 2850. The molecule has 21 fully saturated rings. The Morgan fingerprint density at radius 3 is 0.731 bits per heavy atom. The molecule has 1 aromatic carbocycles. The number of methoxy groups -OCH3 is 2. The van der Waals surface area contributed by atoms with E-state index in [0.717, 1.165) is 20.3 Å². The maximum atomic E-state index is 14.2. The molecule has 18 bridgehead atoms. The van der Waals surface area contributed by atoms with Crippen molar-refractivity contribution >= 4 is 20.2 Å². The smallest absolute Gasteiger partial charge is 0.300 e. The average Bonchev–Trinajstić information content (AvgIpc) is 1.66. The number of aliphatic hydroxyl groups is 19. The first-order chi connectivity index (χ1) is 44.1. The van der Waals surface area contributed by atoms with Gasteiger partial charge < -0.3 is 173 Å². The Labute approximate surface area is 525 Å². The van der Waals surface area contributed by atoms with E-state index in [1.165, 1.54) is 0 Å². The van der Waals surface area contributed by atoms with E-state index < -0.39 is 303 Å². The molecule has 0 saturated carbocycles. The van der Waals surface area contributed by atoms with Crippen molar-refractivity contribution in [2.24, 2.45) is 0 Å². The quantitative estimate of drug-likeness (QED) is 0.113. The van der Waals surface area contributed by atoms with Crippen molar-refractivity contribution in [2.45, 2.75) is 225 Å². The molecule has 1 aromatic rings. The number of fused-ring (bicyclic) bond motifs is 2. The van der Waals surface area contributed by atoms with E-state index in [-0.39, 0.29) is 0 Å². The largest absolute Gasteiger partial charge is 0.495 e. The molecule has 0 aliphatic carbocycles. The molecular formula is C50H76O41S2. The molecule has 0 unspecified atom stereocenters. The fraction of sp³-hybridized carbons (Fsp3) is 0.880. The number of hydrogen-bond donors (Lipinski definition) is 19. The highest BCUT2D eigenvalue weighted by atomic mass is 32.2. The van der Waals surface area contributed by atoms with Gasteiger partial charge in [0.25, 0.3) is 0 Å². The van der Waals surface area contributed by atoms with Crippen molar-refractivity contribution in [3.8, 4) is 11.5 Å². The molecule has 41 nitrogen and oxygen atoms in total. The van der Waals surface area contributed by atoms with Crippen molar-refractivity contribution in [2.75, 3.05) is 60.5 Å². The van der Waals surface area contributed by atoms with Crippen molar-refractivity contribution in [1.82, 2.24) is 0 Å². The number of ether oxygens (including phenoxy) is 16. The zero-order chi connectivity index (χ0) is 67.6. The molecule has 93 heavy (non-hydrogen) atoms. The lowest BCUT2D eigenvalue weighted by molar-refractivity contribution is -0.396. The Morgan fingerprint density at radius 2 is 0.516 bits per heavy atom. The SMILES string of the molecule is COc1cc(OC)c2cc1S(=O)(=O)OC[C@H]1O[C@@H]3O[C@H]4[C@H](O)[C@@H](O)[C@@H](O[C@H]5[C@H](O)[C@@H](O)[C@@H](O[C@H]6[C@H](O)[C@@H](O)[C@@H](O[C@H]7[C@H](O)[C@@H](O)[C@@H](O[C@H]8[C@H](O)[C@@H](O)[C@@H](O[C@H]9[C@H](O)[C@@H](O)[C@@H](O[C@H]1[C@H](O)[C@H]3O)O[C@@H]9CO)O[C@@H]8CO)O[C@@H]7CO)O[C@@H]6CO)O[C@@H]5CO)O[C@@H]4COS2(=O)=O. The number of hydrogen-bond acceptors (Lipinski definition) is 41. The lowest BCUT2D eigenvalue weighted by Crippen LogP contribution is -2.68. The molecule has 23 rings (SSSR count). The summed E-state index contributed by atoms with van der Waals surface area (Å²) in [4.78, 5) is -2.06. The van der Waals surface area contributed by atoms with Gasteiger partial charge in [-0.2, -0.15) is 16.8 Å². The van der Waals surface area contributed by atoms with E-state index >= 15 is 0 Å². The van der Waals surface area contributed by atoms with Gasteiger partial charge in [-0.05, 0) is 6.07 Å². The van der Waals surface area contributed by atoms with Gasteiger partial charge >= 0.3 is 20.2 Å². The van der Waals surface area contributed by atoms with Crippen LogP contribution in [-0.4, -0.2) is 389 Å². The molecule has 0 radical (unpaired) electrons. The van der Waals surface area contributed by atoms with E-state index in [0.29, 0.717) is 6.07 Å². The summed E-state index contributed by atoms with van der Waals surface area (Å²) in [6.07, 6.45) is -76.2. The van der Waals surface area contributed by atoms with Gasteiger partial charge in [-0.1, -0.05) is 0 Å². The molecule has 43 heteroatoms. The van der Waals surface area contributed by atoms with Crippen LogP contribution in [0.5, 0.6) is 11.5 Å². The first-order valence-corrected chi connectivity index (χ1v) is 31.7. The fourth-order valence-corrected chi connectivity index (χ4v) is 14.3. The molecule has 22 aliphatic rings. The van der Waals surface area contributed by atoms with Crippen molar-refractivity contribution in [3.63, 3.8) is 0 Å². The highest BCUT2D eigenvalue weighted by Crippen LogP contribution is 2.42. The minimum absolute atomic E-state index is 0.485. The van der Waals surface area contributed by atoms with Crippen LogP contribution in [0.2, 0.25) is 0 Å². The molecule has 22 heterocycles. The maximum Gasteiger partial charge on any atom is 0.300 e. The summed E-state index contributed by atoms with van der Waals surface area (Å²) in [6.45, 7) is -8.34. The zero-order valence-electron chi connectivity index (χ0n) is 48.6. The summed E-state index contributed by atoms with van der Waals surface area (Å²) >= 11 is 0. The minimum atomic E-state index is -5.33. The second-order valence-electron chi connectivity index (χ2n) is 22.9. The number of rotatable bonds is 7. The van der Waals surface area contributed by atoms with Gasteiger partial charge in [0.1, 0.15) is 192 Å². The lowest BCUT2D eigenvalue weighted by Gasteiger charge is -2.50. The van der Waals surface area contributed by atoms with Crippen LogP contribution in [0.4, 0.5) is 0 Å². The maximum absolute atomic E-state index is 14.2. The monoisotopic (exact) mass is 1400 g/mol. The second-order valence-corrected chi connectivity index (χ2v) is 26.1. The van der Waals surface area contributed by atoms with Gasteiger partial charge in [0.2, 0.25) is 0 Å².